The van der Waals surface area contributed by atoms with E-state index in [0.29, 0.717) is 5.69 Å². The van der Waals surface area contributed by atoms with E-state index in [-0.39, 0.29) is 0 Å². The molecular formula is C15H19F3N2. The van der Waals surface area contributed by atoms with Gasteiger partial charge in [-0.2, -0.15) is 13.2 Å². The van der Waals surface area contributed by atoms with Gasteiger partial charge in [-0.25, -0.2) is 0 Å². The molecule has 20 heavy (non-hydrogen) atoms. The average molecular weight is 284 g/mol. The third kappa shape index (κ3) is 3.76. The molecule has 0 saturated carbocycles. The van der Waals surface area contributed by atoms with Gasteiger partial charge in [0.1, 0.15) is 0 Å². The van der Waals surface area contributed by atoms with Crippen LogP contribution in [-0.4, -0.2) is 37.6 Å². The van der Waals surface area contributed by atoms with Crippen LogP contribution >= 0.6 is 0 Å². The standard InChI is InChI=1S/C15H19F3N2/c1-12(2)11-19-6-8-20(9-7-19)14-5-3-4-13(10-14)15(16,17)18/h3-5,10H,1,6-9,11H2,2H3. The van der Waals surface area contributed by atoms with Gasteiger partial charge in [-0.1, -0.05) is 18.2 Å². The highest BCUT2D eigenvalue weighted by atomic mass is 19.4. The summed E-state index contributed by atoms with van der Waals surface area (Å²) >= 11 is 0. The minimum atomic E-state index is -4.28. The molecule has 1 heterocycles. The van der Waals surface area contributed by atoms with Crippen LogP contribution in [0.4, 0.5) is 18.9 Å². The van der Waals surface area contributed by atoms with E-state index < -0.39 is 11.7 Å². The number of piperazine rings is 1. The fourth-order valence-corrected chi connectivity index (χ4v) is 2.42. The molecule has 0 spiro atoms. The van der Waals surface area contributed by atoms with Crippen LogP contribution in [0.2, 0.25) is 0 Å². The van der Waals surface area contributed by atoms with Crippen molar-refractivity contribution in [1.29, 1.82) is 0 Å². The Bertz CT molecular complexity index is 474. The monoisotopic (exact) mass is 284 g/mol. The first-order valence-corrected chi connectivity index (χ1v) is 6.65. The average Bonchev–Trinajstić information content (AvgIpc) is 2.38. The summed E-state index contributed by atoms with van der Waals surface area (Å²) < 4.78 is 38.1. The van der Waals surface area contributed by atoms with Crippen molar-refractivity contribution in [3.63, 3.8) is 0 Å². The molecule has 0 aliphatic carbocycles. The van der Waals surface area contributed by atoms with Crippen molar-refractivity contribution in [1.82, 2.24) is 4.90 Å². The molecule has 1 aromatic carbocycles. The molecule has 1 aliphatic rings. The van der Waals surface area contributed by atoms with Gasteiger partial charge in [0.25, 0.3) is 0 Å². The number of benzene rings is 1. The van der Waals surface area contributed by atoms with Gasteiger partial charge >= 0.3 is 6.18 Å². The minimum absolute atomic E-state index is 0.584. The predicted octanol–water partition coefficient (Wildman–Crippen LogP) is 3.40. The quantitative estimate of drug-likeness (QED) is 0.785. The predicted molar refractivity (Wildman–Crippen MR) is 74.9 cm³/mol. The summed E-state index contributed by atoms with van der Waals surface area (Å²) in [4.78, 5) is 4.27. The Kier molecular flexibility index (Phi) is 4.38. The molecule has 0 bridgehead atoms. The van der Waals surface area contributed by atoms with Crippen LogP contribution in [0.3, 0.4) is 0 Å². The summed E-state index contributed by atoms with van der Waals surface area (Å²) in [5.41, 5.74) is 1.17. The van der Waals surface area contributed by atoms with Crippen molar-refractivity contribution in [3.05, 3.63) is 42.0 Å². The van der Waals surface area contributed by atoms with Gasteiger partial charge in [-0.3, -0.25) is 4.90 Å². The second-order valence-corrected chi connectivity index (χ2v) is 5.27. The van der Waals surface area contributed by atoms with Crippen molar-refractivity contribution < 1.29 is 13.2 Å². The molecule has 1 aromatic rings. The van der Waals surface area contributed by atoms with Crippen LogP contribution in [-0.2, 0) is 6.18 Å². The topological polar surface area (TPSA) is 6.48 Å². The van der Waals surface area contributed by atoms with Crippen LogP contribution in [0, 0.1) is 0 Å². The Balaban J connectivity index is 2.02. The van der Waals surface area contributed by atoms with Gasteiger partial charge in [0.15, 0.2) is 0 Å². The molecule has 110 valence electrons. The molecule has 1 saturated heterocycles. The zero-order valence-electron chi connectivity index (χ0n) is 11.6. The summed E-state index contributed by atoms with van der Waals surface area (Å²) in [5.74, 6) is 0. The fraction of sp³-hybridized carbons (Fsp3) is 0.467. The number of anilines is 1. The zero-order chi connectivity index (χ0) is 14.8. The maximum absolute atomic E-state index is 12.7. The first-order valence-electron chi connectivity index (χ1n) is 6.65. The first kappa shape index (κ1) is 14.9. The lowest BCUT2D eigenvalue weighted by atomic mass is 10.1. The lowest BCUT2D eigenvalue weighted by Gasteiger charge is -2.36. The van der Waals surface area contributed by atoms with E-state index in [1.807, 2.05) is 11.8 Å². The van der Waals surface area contributed by atoms with Gasteiger partial charge in [0.2, 0.25) is 0 Å². The molecule has 0 amide bonds. The molecule has 0 radical (unpaired) electrons. The molecule has 0 atom stereocenters. The minimum Gasteiger partial charge on any atom is -0.369 e. The maximum Gasteiger partial charge on any atom is 0.416 e. The molecule has 2 nitrogen and oxygen atoms in total. The third-order valence-electron chi connectivity index (χ3n) is 3.40. The van der Waals surface area contributed by atoms with E-state index in [1.165, 1.54) is 12.1 Å². The number of rotatable bonds is 3. The number of alkyl halides is 3. The summed E-state index contributed by atoms with van der Waals surface area (Å²) in [5, 5.41) is 0. The molecule has 0 aromatic heterocycles. The second kappa shape index (κ2) is 5.87. The third-order valence-corrected chi connectivity index (χ3v) is 3.40. The lowest BCUT2D eigenvalue weighted by Crippen LogP contribution is -2.46. The summed E-state index contributed by atoms with van der Waals surface area (Å²) in [6, 6.07) is 5.55. The molecule has 0 unspecified atom stereocenters. The lowest BCUT2D eigenvalue weighted by molar-refractivity contribution is -0.137. The normalized spacial score (nSPS) is 17.3. The molecule has 5 heteroatoms. The summed E-state index contributed by atoms with van der Waals surface area (Å²) in [7, 11) is 0. The van der Waals surface area contributed by atoms with Crippen molar-refractivity contribution >= 4 is 5.69 Å². The number of nitrogens with zero attached hydrogens (tertiary/aromatic N) is 2. The van der Waals surface area contributed by atoms with Gasteiger partial charge in [0, 0.05) is 38.4 Å². The Labute approximate surface area is 117 Å². The van der Waals surface area contributed by atoms with Crippen molar-refractivity contribution in [2.75, 3.05) is 37.6 Å². The van der Waals surface area contributed by atoms with E-state index in [4.69, 9.17) is 0 Å². The van der Waals surface area contributed by atoms with Crippen LogP contribution in [0.1, 0.15) is 12.5 Å². The van der Waals surface area contributed by atoms with E-state index in [0.717, 1.165) is 44.4 Å². The Morgan fingerprint density at radius 2 is 1.85 bits per heavy atom. The van der Waals surface area contributed by atoms with Crippen LogP contribution in [0.5, 0.6) is 0 Å². The van der Waals surface area contributed by atoms with E-state index in [9.17, 15) is 13.2 Å². The first-order chi connectivity index (χ1) is 9.36. The Hall–Kier alpha value is -1.49. The number of halogens is 3. The number of hydrogen-bond acceptors (Lipinski definition) is 2. The van der Waals surface area contributed by atoms with Crippen LogP contribution < -0.4 is 4.90 Å². The Morgan fingerprint density at radius 1 is 1.20 bits per heavy atom. The SMILES string of the molecule is C=C(C)CN1CCN(c2cccc(C(F)(F)F)c2)CC1. The smallest absolute Gasteiger partial charge is 0.369 e. The number of hydrogen-bond donors (Lipinski definition) is 0. The maximum atomic E-state index is 12.7. The molecule has 2 rings (SSSR count). The second-order valence-electron chi connectivity index (χ2n) is 5.27. The van der Waals surface area contributed by atoms with Gasteiger partial charge in [-0.15, -0.1) is 0 Å². The highest BCUT2D eigenvalue weighted by Crippen LogP contribution is 2.31. The van der Waals surface area contributed by atoms with Gasteiger partial charge in [0.05, 0.1) is 5.56 Å². The summed E-state index contributed by atoms with van der Waals surface area (Å²) in [6.45, 7) is 9.92. The molecule has 0 N–H and O–H groups in total. The van der Waals surface area contributed by atoms with E-state index in [2.05, 4.69) is 11.5 Å². The van der Waals surface area contributed by atoms with Gasteiger partial charge < -0.3 is 4.90 Å². The van der Waals surface area contributed by atoms with Crippen molar-refractivity contribution in [2.45, 2.75) is 13.1 Å². The summed E-state index contributed by atoms with van der Waals surface area (Å²) in [6.07, 6.45) is -4.28. The fourth-order valence-electron chi connectivity index (χ4n) is 2.42. The molecule has 1 aliphatic heterocycles. The van der Waals surface area contributed by atoms with E-state index >= 15 is 0 Å². The van der Waals surface area contributed by atoms with Crippen LogP contribution in [0.25, 0.3) is 0 Å². The molecular weight excluding hydrogens is 265 g/mol. The Morgan fingerprint density at radius 3 is 2.40 bits per heavy atom. The molecule has 1 fully saturated rings. The van der Waals surface area contributed by atoms with E-state index in [1.54, 1.807) is 6.07 Å². The van der Waals surface area contributed by atoms with Crippen molar-refractivity contribution in [2.24, 2.45) is 0 Å². The highest BCUT2D eigenvalue weighted by Gasteiger charge is 2.31. The largest absolute Gasteiger partial charge is 0.416 e. The van der Waals surface area contributed by atoms with Crippen molar-refractivity contribution in [3.8, 4) is 0 Å². The van der Waals surface area contributed by atoms with Crippen LogP contribution in [0.15, 0.2) is 36.4 Å². The van der Waals surface area contributed by atoms with Gasteiger partial charge in [-0.05, 0) is 25.1 Å². The highest BCUT2D eigenvalue weighted by molar-refractivity contribution is 5.49. The zero-order valence-corrected chi connectivity index (χ0v) is 11.6.